The number of aliphatic hydroxyl groups is 1. The highest BCUT2D eigenvalue weighted by molar-refractivity contribution is 5.97. The smallest absolute Gasteiger partial charge is 0.254 e. The Morgan fingerprint density at radius 2 is 2.17 bits per heavy atom. The fourth-order valence-electron chi connectivity index (χ4n) is 3.25. The average molecular weight is 322 g/mol. The molecule has 0 spiro atoms. The van der Waals surface area contributed by atoms with Crippen LogP contribution in [-0.4, -0.2) is 32.4 Å². The van der Waals surface area contributed by atoms with Gasteiger partial charge in [-0.15, -0.1) is 0 Å². The summed E-state index contributed by atoms with van der Waals surface area (Å²) in [5.41, 5.74) is 10.5. The second-order valence-electron chi connectivity index (χ2n) is 6.06. The van der Waals surface area contributed by atoms with Crippen molar-refractivity contribution in [2.75, 3.05) is 6.54 Å². The van der Waals surface area contributed by atoms with E-state index in [2.05, 4.69) is 9.97 Å². The molecule has 6 nitrogen and oxygen atoms in total. The van der Waals surface area contributed by atoms with Gasteiger partial charge in [0.1, 0.15) is 12.4 Å². The monoisotopic (exact) mass is 322 g/mol. The third kappa shape index (κ3) is 2.46. The summed E-state index contributed by atoms with van der Waals surface area (Å²) >= 11 is 0. The first-order chi connectivity index (χ1) is 11.7. The number of aliphatic hydroxyl groups excluding tert-OH is 1. The molecule has 3 aromatic rings. The molecule has 1 aliphatic heterocycles. The zero-order valence-electron chi connectivity index (χ0n) is 13.1. The molecule has 4 N–H and O–H groups in total. The van der Waals surface area contributed by atoms with Crippen LogP contribution in [0.5, 0.6) is 0 Å². The largest absolute Gasteiger partial charge is 0.388 e. The van der Waals surface area contributed by atoms with Gasteiger partial charge in [0.2, 0.25) is 0 Å². The number of carbonyl (C=O) groups is 1. The molecule has 1 aliphatic rings. The van der Waals surface area contributed by atoms with Crippen molar-refractivity contribution in [1.82, 2.24) is 14.9 Å². The molecule has 0 aliphatic carbocycles. The molecular weight excluding hydrogens is 304 g/mol. The molecule has 4 rings (SSSR count). The molecule has 0 radical (unpaired) electrons. The standard InChI is InChI=1S/C18H18N4O2/c19-14-9-22(8-12-3-1-2-4-13(12)14)18(24)11-5-6-15-16(7-11)21-17(10-23)20-15/h1-7,14,23H,8-10,19H2,(H,20,21). The first-order valence-electron chi connectivity index (χ1n) is 7.88. The van der Waals surface area contributed by atoms with Gasteiger partial charge < -0.3 is 20.7 Å². The van der Waals surface area contributed by atoms with Gasteiger partial charge in [0, 0.05) is 24.7 Å². The number of aromatic nitrogens is 2. The highest BCUT2D eigenvalue weighted by Gasteiger charge is 2.26. The van der Waals surface area contributed by atoms with Crippen molar-refractivity contribution in [2.45, 2.75) is 19.2 Å². The van der Waals surface area contributed by atoms with Crippen molar-refractivity contribution in [2.24, 2.45) is 5.73 Å². The third-order valence-corrected chi connectivity index (χ3v) is 4.45. The molecule has 1 amide bonds. The number of rotatable bonds is 2. The minimum atomic E-state index is -0.171. The summed E-state index contributed by atoms with van der Waals surface area (Å²) in [6, 6.07) is 13.1. The maximum absolute atomic E-state index is 12.9. The van der Waals surface area contributed by atoms with E-state index in [1.165, 1.54) is 0 Å². The summed E-state index contributed by atoms with van der Waals surface area (Å²) in [6.07, 6.45) is 0. The molecule has 2 aromatic carbocycles. The first kappa shape index (κ1) is 14.9. The van der Waals surface area contributed by atoms with E-state index >= 15 is 0 Å². The number of amides is 1. The predicted molar refractivity (Wildman–Crippen MR) is 90.1 cm³/mol. The summed E-state index contributed by atoms with van der Waals surface area (Å²) in [7, 11) is 0. The van der Waals surface area contributed by atoms with Gasteiger partial charge in [0.05, 0.1) is 11.0 Å². The summed E-state index contributed by atoms with van der Waals surface area (Å²) in [5, 5.41) is 9.16. The number of aromatic amines is 1. The number of hydrogen-bond acceptors (Lipinski definition) is 4. The van der Waals surface area contributed by atoms with Crippen LogP contribution >= 0.6 is 0 Å². The Balaban J connectivity index is 1.64. The van der Waals surface area contributed by atoms with Crippen LogP contribution in [0.2, 0.25) is 0 Å². The minimum absolute atomic E-state index is 0.0537. The maximum Gasteiger partial charge on any atom is 0.254 e. The molecule has 24 heavy (non-hydrogen) atoms. The highest BCUT2D eigenvalue weighted by Crippen LogP contribution is 2.26. The van der Waals surface area contributed by atoms with Gasteiger partial charge in [-0.2, -0.15) is 0 Å². The number of fused-ring (bicyclic) bond motifs is 2. The average Bonchev–Trinajstić information content (AvgIpc) is 3.03. The second-order valence-corrected chi connectivity index (χ2v) is 6.06. The summed E-state index contributed by atoms with van der Waals surface area (Å²) in [5.74, 6) is 0.436. The molecule has 122 valence electrons. The lowest BCUT2D eigenvalue weighted by molar-refractivity contribution is 0.0718. The lowest BCUT2D eigenvalue weighted by atomic mass is 9.95. The van der Waals surface area contributed by atoms with E-state index in [0.29, 0.717) is 24.5 Å². The molecule has 0 saturated carbocycles. The van der Waals surface area contributed by atoms with E-state index in [1.54, 1.807) is 23.1 Å². The normalized spacial score (nSPS) is 17.1. The van der Waals surface area contributed by atoms with E-state index in [0.717, 1.165) is 22.2 Å². The van der Waals surface area contributed by atoms with Crippen molar-refractivity contribution in [3.8, 4) is 0 Å². The van der Waals surface area contributed by atoms with E-state index in [-0.39, 0.29) is 18.6 Å². The Hall–Kier alpha value is -2.70. The van der Waals surface area contributed by atoms with E-state index < -0.39 is 0 Å². The molecule has 0 fully saturated rings. The highest BCUT2D eigenvalue weighted by atomic mass is 16.3. The van der Waals surface area contributed by atoms with Gasteiger partial charge in [-0.25, -0.2) is 4.98 Å². The number of imidazole rings is 1. The van der Waals surface area contributed by atoms with Crippen LogP contribution in [0.3, 0.4) is 0 Å². The predicted octanol–water partition coefficient (Wildman–Crippen LogP) is 1.71. The maximum atomic E-state index is 12.9. The van der Waals surface area contributed by atoms with Crippen LogP contribution in [0, 0.1) is 0 Å². The molecule has 0 bridgehead atoms. The fourth-order valence-corrected chi connectivity index (χ4v) is 3.25. The van der Waals surface area contributed by atoms with Crippen LogP contribution in [-0.2, 0) is 13.2 Å². The number of H-pyrrole nitrogens is 1. The summed E-state index contributed by atoms with van der Waals surface area (Å²) < 4.78 is 0. The Bertz CT molecular complexity index is 918. The Morgan fingerprint density at radius 3 is 3.00 bits per heavy atom. The van der Waals surface area contributed by atoms with Gasteiger partial charge in [-0.05, 0) is 29.3 Å². The molecule has 1 atom stereocenters. The number of benzene rings is 2. The quantitative estimate of drug-likeness (QED) is 0.669. The van der Waals surface area contributed by atoms with Crippen LogP contribution in [0.25, 0.3) is 11.0 Å². The lowest BCUT2D eigenvalue weighted by Gasteiger charge is -2.33. The third-order valence-electron chi connectivity index (χ3n) is 4.45. The zero-order chi connectivity index (χ0) is 16.7. The topological polar surface area (TPSA) is 95.2 Å². The van der Waals surface area contributed by atoms with Crippen LogP contribution < -0.4 is 5.73 Å². The van der Waals surface area contributed by atoms with Crippen molar-refractivity contribution in [1.29, 1.82) is 0 Å². The number of carbonyl (C=O) groups excluding carboxylic acids is 1. The van der Waals surface area contributed by atoms with Crippen molar-refractivity contribution in [3.63, 3.8) is 0 Å². The Morgan fingerprint density at radius 1 is 1.33 bits per heavy atom. The van der Waals surface area contributed by atoms with Gasteiger partial charge in [-0.1, -0.05) is 24.3 Å². The lowest BCUT2D eigenvalue weighted by Crippen LogP contribution is -2.40. The molecule has 6 heteroatoms. The number of nitrogens with zero attached hydrogens (tertiary/aromatic N) is 2. The van der Waals surface area contributed by atoms with Crippen molar-refractivity contribution < 1.29 is 9.90 Å². The minimum Gasteiger partial charge on any atom is -0.388 e. The van der Waals surface area contributed by atoms with E-state index in [9.17, 15) is 4.79 Å². The van der Waals surface area contributed by atoms with Crippen LogP contribution in [0.15, 0.2) is 42.5 Å². The number of hydrogen-bond donors (Lipinski definition) is 3. The molecular formula is C18H18N4O2. The molecule has 0 saturated heterocycles. The van der Waals surface area contributed by atoms with E-state index in [1.807, 2.05) is 24.3 Å². The van der Waals surface area contributed by atoms with Gasteiger partial charge >= 0.3 is 0 Å². The van der Waals surface area contributed by atoms with Gasteiger partial charge in [0.15, 0.2) is 0 Å². The van der Waals surface area contributed by atoms with Crippen LogP contribution in [0.1, 0.15) is 33.4 Å². The number of nitrogens with one attached hydrogen (secondary N) is 1. The second kappa shape index (κ2) is 5.74. The van der Waals surface area contributed by atoms with Crippen molar-refractivity contribution >= 4 is 16.9 Å². The van der Waals surface area contributed by atoms with E-state index in [4.69, 9.17) is 10.8 Å². The molecule has 1 unspecified atom stereocenters. The zero-order valence-corrected chi connectivity index (χ0v) is 13.1. The van der Waals surface area contributed by atoms with Gasteiger partial charge in [-0.3, -0.25) is 4.79 Å². The fraction of sp³-hybridized carbons (Fsp3) is 0.222. The van der Waals surface area contributed by atoms with Crippen molar-refractivity contribution in [3.05, 3.63) is 65.0 Å². The van der Waals surface area contributed by atoms with Gasteiger partial charge in [0.25, 0.3) is 5.91 Å². The summed E-state index contributed by atoms with van der Waals surface area (Å²) in [6.45, 7) is 0.903. The van der Waals surface area contributed by atoms with Crippen LogP contribution in [0.4, 0.5) is 0 Å². The number of nitrogens with two attached hydrogens (primary N) is 1. The molecule has 2 heterocycles. The summed E-state index contributed by atoms with van der Waals surface area (Å²) in [4.78, 5) is 21.9. The molecule has 1 aromatic heterocycles. The Kier molecular flexibility index (Phi) is 3.55. The Labute approximate surface area is 138 Å². The SMILES string of the molecule is NC1CN(C(=O)c2ccc3nc(CO)[nH]c3c2)Cc2ccccc21. The first-order valence-corrected chi connectivity index (χ1v) is 7.88.